The predicted octanol–water partition coefficient (Wildman–Crippen LogP) is 3.13. The van der Waals surface area contributed by atoms with Gasteiger partial charge in [0.25, 0.3) is 5.91 Å². The SMILES string of the molecule is C[C@@H]1C[C@H](N)c2ccccc2N1C(=O)c1ccccc1. The van der Waals surface area contributed by atoms with Gasteiger partial charge in [-0.25, -0.2) is 0 Å². The molecule has 0 aliphatic carbocycles. The molecular weight excluding hydrogens is 248 g/mol. The van der Waals surface area contributed by atoms with Crippen molar-refractivity contribution in [3.63, 3.8) is 0 Å². The molecular formula is C17H18N2O. The van der Waals surface area contributed by atoms with Crippen LogP contribution in [-0.4, -0.2) is 11.9 Å². The molecule has 20 heavy (non-hydrogen) atoms. The lowest BCUT2D eigenvalue weighted by atomic mass is 9.92. The van der Waals surface area contributed by atoms with Crippen molar-refractivity contribution < 1.29 is 4.79 Å². The van der Waals surface area contributed by atoms with Gasteiger partial charge in [0, 0.05) is 23.3 Å². The highest BCUT2D eigenvalue weighted by Crippen LogP contribution is 2.36. The van der Waals surface area contributed by atoms with E-state index < -0.39 is 0 Å². The minimum atomic E-state index is 0.000948. The molecule has 2 atom stereocenters. The first-order valence-corrected chi connectivity index (χ1v) is 6.91. The average Bonchev–Trinajstić information content (AvgIpc) is 2.48. The van der Waals surface area contributed by atoms with Crippen molar-refractivity contribution in [3.8, 4) is 0 Å². The molecule has 3 rings (SSSR count). The van der Waals surface area contributed by atoms with Crippen LogP contribution in [0.3, 0.4) is 0 Å². The van der Waals surface area contributed by atoms with E-state index in [0.717, 1.165) is 17.7 Å². The van der Waals surface area contributed by atoms with Crippen LogP contribution >= 0.6 is 0 Å². The van der Waals surface area contributed by atoms with E-state index in [9.17, 15) is 4.79 Å². The van der Waals surface area contributed by atoms with Gasteiger partial charge in [0.05, 0.1) is 0 Å². The zero-order valence-electron chi connectivity index (χ0n) is 11.5. The lowest BCUT2D eigenvalue weighted by molar-refractivity contribution is 0.0974. The number of nitrogens with zero attached hydrogens (tertiary/aromatic N) is 1. The van der Waals surface area contributed by atoms with E-state index in [-0.39, 0.29) is 18.0 Å². The standard InChI is InChI=1S/C17H18N2O/c1-12-11-15(18)14-9-5-6-10-16(14)19(12)17(20)13-7-3-2-4-8-13/h2-10,12,15H,11,18H2,1H3/t12-,15+/m1/s1. The molecule has 0 fully saturated rings. The van der Waals surface area contributed by atoms with Crippen molar-refractivity contribution in [1.82, 2.24) is 0 Å². The Hall–Kier alpha value is -2.13. The summed E-state index contributed by atoms with van der Waals surface area (Å²) in [6.45, 7) is 2.05. The molecule has 1 amide bonds. The number of rotatable bonds is 1. The Bertz CT molecular complexity index is 624. The maximum Gasteiger partial charge on any atom is 0.258 e. The molecule has 0 saturated heterocycles. The molecule has 2 aromatic rings. The van der Waals surface area contributed by atoms with Crippen molar-refractivity contribution in [2.24, 2.45) is 5.73 Å². The third-order valence-corrected chi connectivity index (χ3v) is 3.87. The number of para-hydroxylation sites is 1. The Labute approximate surface area is 119 Å². The Kier molecular flexibility index (Phi) is 3.28. The fraction of sp³-hybridized carbons (Fsp3) is 0.235. The maximum atomic E-state index is 12.8. The molecule has 1 aliphatic heterocycles. The zero-order valence-corrected chi connectivity index (χ0v) is 11.5. The van der Waals surface area contributed by atoms with Crippen LogP contribution < -0.4 is 10.6 Å². The van der Waals surface area contributed by atoms with Crippen LogP contribution in [0.5, 0.6) is 0 Å². The van der Waals surface area contributed by atoms with E-state index in [2.05, 4.69) is 6.92 Å². The number of hydrogen-bond acceptors (Lipinski definition) is 2. The second-order valence-corrected chi connectivity index (χ2v) is 5.29. The number of carbonyl (C=O) groups excluding carboxylic acids is 1. The lowest BCUT2D eigenvalue weighted by Crippen LogP contribution is -2.44. The summed E-state index contributed by atoms with van der Waals surface area (Å²) in [6.07, 6.45) is 0.787. The molecule has 0 saturated carbocycles. The summed E-state index contributed by atoms with van der Waals surface area (Å²) in [6, 6.07) is 17.4. The van der Waals surface area contributed by atoms with E-state index in [1.807, 2.05) is 59.5 Å². The molecule has 2 N–H and O–H groups in total. The van der Waals surface area contributed by atoms with E-state index >= 15 is 0 Å². The van der Waals surface area contributed by atoms with E-state index in [1.165, 1.54) is 0 Å². The molecule has 0 unspecified atom stereocenters. The van der Waals surface area contributed by atoms with Crippen molar-refractivity contribution in [2.75, 3.05) is 4.90 Å². The van der Waals surface area contributed by atoms with Crippen molar-refractivity contribution in [1.29, 1.82) is 0 Å². The third kappa shape index (κ3) is 2.10. The van der Waals surface area contributed by atoms with Crippen LogP contribution in [0, 0.1) is 0 Å². The second-order valence-electron chi connectivity index (χ2n) is 5.29. The summed E-state index contributed by atoms with van der Waals surface area (Å²) in [5, 5.41) is 0. The summed E-state index contributed by atoms with van der Waals surface area (Å²) < 4.78 is 0. The number of carbonyl (C=O) groups is 1. The van der Waals surface area contributed by atoms with E-state index in [1.54, 1.807) is 0 Å². The highest BCUT2D eigenvalue weighted by atomic mass is 16.2. The van der Waals surface area contributed by atoms with Crippen molar-refractivity contribution >= 4 is 11.6 Å². The van der Waals surface area contributed by atoms with E-state index in [0.29, 0.717) is 5.56 Å². The quantitative estimate of drug-likeness (QED) is 0.862. The summed E-state index contributed by atoms with van der Waals surface area (Å²) >= 11 is 0. The van der Waals surface area contributed by atoms with Crippen LogP contribution in [0.25, 0.3) is 0 Å². The molecule has 3 nitrogen and oxygen atoms in total. The lowest BCUT2D eigenvalue weighted by Gasteiger charge is -2.38. The fourth-order valence-electron chi connectivity index (χ4n) is 2.89. The predicted molar refractivity (Wildman–Crippen MR) is 80.7 cm³/mol. The Balaban J connectivity index is 2.05. The van der Waals surface area contributed by atoms with Crippen LogP contribution in [0.2, 0.25) is 0 Å². The van der Waals surface area contributed by atoms with Gasteiger partial charge in [-0.05, 0) is 37.1 Å². The Morgan fingerprint density at radius 3 is 2.50 bits per heavy atom. The summed E-state index contributed by atoms with van der Waals surface area (Å²) in [5.41, 5.74) is 8.90. The van der Waals surface area contributed by atoms with Gasteiger partial charge >= 0.3 is 0 Å². The maximum absolute atomic E-state index is 12.8. The van der Waals surface area contributed by atoms with Gasteiger partial charge in [0.2, 0.25) is 0 Å². The zero-order chi connectivity index (χ0) is 14.1. The normalized spacial score (nSPS) is 21.4. The molecule has 2 aromatic carbocycles. The highest BCUT2D eigenvalue weighted by molar-refractivity contribution is 6.07. The minimum absolute atomic E-state index is 0.000948. The number of hydrogen-bond donors (Lipinski definition) is 1. The fourth-order valence-corrected chi connectivity index (χ4v) is 2.89. The van der Waals surface area contributed by atoms with Crippen molar-refractivity contribution in [3.05, 3.63) is 65.7 Å². The Morgan fingerprint density at radius 2 is 1.75 bits per heavy atom. The van der Waals surface area contributed by atoms with Gasteiger partial charge in [-0.2, -0.15) is 0 Å². The molecule has 3 heteroatoms. The second kappa shape index (κ2) is 5.10. The minimum Gasteiger partial charge on any atom is -0.324 e. The van der Waals surface area contributed by atoms with E-state index in [4.69, 9.17) is 5.73 Å². The molecule has 1 aliphatic rings. The number of fused-ring (bicyclic) bond motifs is 1. The first-order chi connectivity index (χ1) is 9.68. The summed E-state index contributed by atoms with van der Waals surface area (Å²) in [5.74, 6) is 0.0393. The Morgan fingerprint density at radius 1 is 1.10 bits per heavy atom. The van der Waals surface area contributed by atoms with Crippen LogP contribution in [0.4, 0.5) is 5.69 Å². The van der Waals surface area contributed by atoms with Gasteiger partial charge < -0.3 is 10.6 Å². The van der Waals surface area contributed by atoms with Gasteiger partial charge in [-0.15, -0.1) is 0 Å². The molecule has 0 bridgehead atoms. The number of amides is 1. The van der Waals surface area contributed by atoms with Gasteiger partial charge in [-0.1, -0.05) is 36.4 Å². The number of anilines is 1. The first-order valence-electron chi connectivity index (χ1n) is 6.91. The van der Waals surface area contributed by atoms with Gasteiger partial charge in [0.15, 0.2) is 0 Å². The molecule has 102 valence electrons. The molecule has 0 spiro atoms. The summed E-state index contributed by atoms with van der Waals surface area (Å²) in [4.78, 5) is 14.6. The smallest absolute Gasteiger partial charge is 0.258 e. The van der Waals surface area contributed by atoms with Crippen LogP contribution in [0.1, 0.15) is 35.3 Å². The monoisotopic (exact) mass is 266 g/mol. The summed E-state index contributed by atoms with van der Waals surface area (Å²) in [7, 11) is 0. The molecule has 1 heterocycles. The topological polar surface area (TPSA) is 46.3 Å². The number of benzene rings is 2. The van der Waals surface area contributed by atoms with Crippen LogP contribution in [-0.2, 0) is 0 Å². The molecule has 0 radical (unpaired) electrons. The largest absolute Gasteiger partial charge is 0.324 e. The first kappa shape index (κ1) is 12.9. The average molecular weight is 266 g/mol. The highest BCUT2D eigenvalue weighted by Gasteiger charge is 2.32. The van der Waals surface area contributed by atoms with Crippen molar-refractivity contribution in [2.45, 2.75) is 25.4 Å². The van der Waals surface area contributed by atoms with Gasteiger partial charge in [0.1, 0.15) is 0 Å². The van der Waals surface area contributed by atoms with Gasteiger partial charge in [-0.3, -0.25) is 4.79 Å². The number of nitrogens with two attached hydrogens (primary N) is 1. The molecule has 0 aromatic heterocycles. The van der Waals surface area contributed by atoms with Crippen LogP contribution in [0.15, 0.2) is 54.6 Å². The third-order valence-electron chi connectivity index (χ3n) is 3.87.